The number of hydrogen-bond donors (Lipinski definition) is 3. The summed E-state index contributed by atoms with van der Waals surface area (Å²) in [5, 5.41) is 6.43. The van der Waals surface area contributed by atoms with Crippen LogP contribution in [0, 0.1) is 11.7 Å². The second kappa shape index (κ2) is 9.30. The summed E-state index contributed by atoms with van der Waals surface area (Å²) in [5.74, 6) is 0.595. The van der Waals surface area contributed by atoms with Crippen LogP contribution in [0.4, 0.5) is 15.8 Å². The van der Waals surface area contributed by atoms with Crippen LogP contribution in [0.1, 0.15) is 32.8 Å². The number of carbonyl (C=O) groups excluding carboxylic acids is 1. The molecule has 1 amide bonds. The van der Waals surface area contributed by atoms with E-state index in [4.69, 9.17) is 9.47 Å². The van der Waals surface area contributed by atoms with Crippen molar-refractivity contribution in [1.29, 1.82) is 0 Å². The van der Waals surface area contributed by atoms with Crippen LogP contribution in [0.15, 0.2) is 36.7 Å². The van der Waals surface area contributed by atoms with Crippen molar-refractivity contribution >= 4 is 17.3 Å². The molecule has 3 aliphatic rings. The molecule has 8 nitrogen and oxygen atoms in total. The molecule has 3 N–H and O–H groups in total. The van der Waals surface area contributed by atoms with Crippen LogP contribution in [0.3, 0.4) is 0 Å². The van der Waals surface area contributed by atoms with Crippen molar-refractivity contribution in [2.75, 3.05) is 38.7 Å². The summed E-state index contributed by atoms with van der Waals surface area (Å²) in [7, 11) is 1.43. The molecule has 6 rings (SSSR count). The SMILES string of the molecule is COc1c(F)cccc1Nc1c2[nH]c3c1C(=O)NC[C@@H]3[I-]N1CCCC(COc3cnccc3-2)C1. The number of rotatable bonds is 3. The molecule has 35 heavy (non-hydrogen) atoms. The minimum atomic E-state index is -0.476. The van der Waals surface area contributed by atoms with E-state index in [0.29, 0.717) is 41.8 Å². The van der Waals surface area contributed by atoms with E-state index >= 15 is 0 Å². The predicted molar refractivity (Wildman–Crippen MR) is 125 cm³/mol. The summed E-state index contributed by atoms with van der Waals surface area (Å²) >= 11 is -0.376. The van der Waals surface area contributed by atoms with Gasteiger partial charge in [-0.15, -0.1) is 0 Å². The Morgan fingerprint density at radius 2 is 2.26 bits per heavy atom. The number of pyridine rings is 1. The van der Waals surface area contributed by atoms with Crippen LogP contribution in [0.5, 0.6) is 11.5 Å². The summed E-state index contributed by atoms with van der Waals surface area (Å²) in [4.78, 5) is 21.1. The molecular formula is C25H26FIN5O3-. The molecule has 3 atom stereocenters. The second-order valence-corrected chi connectivity index (χ2v) is 12.4. The predicted octanol–water partition coefficient (Wildman–Crippen LogP) is 0.861. The first-order valence-corrected chi connectivity index (χ1v) is 13.9. The summed E-state index contributed by atoms with van der Waals surface area (Å²) in [6.07, 6.45) is 5.74. The van der Waals surface area contributed by atoms with E-state index in [1.165, 1.54) is 13.2 Å². The van der Waals surface area contributed by atoms with Gasteiger partial charge >= 0.3 is 214 Å². The first-order chi connectivity index (χ1) is 17.1. The van der Waals surface area contributed by atoms with Gasteiger partial charge in [0.2, 0.25) is 0 Å². The molecule has 4 bridgehead atoms. The van der Waals surface area contributed by atoms with Crippen LogP contribution < -0.4 is 41.6 Å². The third kappa shape index (κ3) is 4.12. The maximum atomic E-state index is 14.5. The van der Waals surface area contributed by atoms with Crippen LogP contribution in [-0.4, -0.2) is 52.3 Å². The van der Waals surface area contributed by atoms with E-state index in [9.17, 15) is 9.18 Å². The van der Waals surface area contributed by atoms with E-state index < -0.39 is 5.82 Å². The van der Waals surface area contributed by atoms with E-state index in [-0.39, 0.29) is 37.1 Å². The summed E-state index contributed by atoms with van der Waals surface area (Å²) in [6.45, 7) is 3.34. The normalized spacial score (nSPS) is 23.4. The number of para-hydroxylation sites is 1. The van der Waals surface area contributed by atoms with Gasteiger partial charge in [-0.05, 0) is 0 Å². The fourth-order valence-electron chi connectivity index (χ4n) is 5.04. The summed E-state index contributed by atoms with van der Waals surface area (Å²) in [6, 6.07) is 6.59. The molecule has 1 fully saturated rings. The standard InChI is InChI=1S/C25H26FIN5O3/c1-34-24-16(26)5-2-6-18(24)30-23-20-22-17(10-29-25(20)33)27-32-9-3-4-14(12-32)13-35-19-11-28-8-7-15(19)21(23)31-22/h2,5-8,11,14,17,30-31H,3-4,9-10,12-13H2,1H3,(H,29,33)/q-1/t14?,17-/m0/s1. The molecule has 1 saturated heterocycles. The number of methoxy groups -OCH3 is 1. The van der Waals surface area contributed by atoms with Crippen LogP contribution in [-0.2, 0) is 0 Å². The Balaban J connectivity index is 1.55. The van der Waals surface area contributed by atoms with Crippen molar-refractivity contribution in [2.24, 2.45) is 5.92 Å². The zero-order valence-electron chi connectivity index (χ0n) is 19.2. The van der Waals surface area contributed by atoms with Gasteiger partial charge in [-0.25, -0.2) is 0 Å². The van der Waals surface area contributed by atoms with Crippen molar-refractivity contribution in [2.45, 2.75) is 16.8 Å². The van der Waals surface area contributed by atoms with Crippen LogP contribution in [0.2, 0.25) is 0 Å². The molecule has 1 aromatic carbocycles. The fraction of sp³-hybridized carbons (Fsp3) is 0.360. The number of hydrogen-bond acceptors (Lipinski definition) is 6. The molecule has 3 aliphatic heterocycles. The zero-order valence-corrected chi connectivity index (χ0v) is 21.4. The monoisotopic (exact) mass is 590 g/mol. The molecule has 0 spiro atoms. The maximum absolute atomic E-state index is 14.5. The fourth-order valence-corrected chi connectivity index (χ4v) is 8.56. The van der Waals surface area contributed by atoms with E-state index in [1.807, 2.05) is 6.07 Å². The van der Waals surface area contributed by atoms with Crippen molar-refractivity contribution in [3.63, 3.8) is 0 Å². The number of aromatic nitrogens is 2. The molecule has 0 aliphatic carbocycles. The molecular weight excluding hydrogens is 564 g/mol. The summed E-state index contributed by atoms with van der Waals surface area (Å²) in [5.41, 5.74) is 4.07. The molecule has 0 radical (unpaired) electrons. The molecule has 0 saturated carbocycles. The first-order valence-electron chi connectivity index (χ1n) is 11.7. The van der Waals surface area contributed by atoms with E-state index in [0.717, 1.165) is 42.9 Å². The van der Waals surface area contributed by atoms with Crippen LogP contribution in [0.25, 0.3) is 11.3 Å². The van der Waals surface area contributed by atoms with Gasteiger partial charge in [-0.3, -0.25) is 0 Å². The number of ether oxygens (including phenoxy) is 2. The number of benzene rings is 1. The molecule has 5 heterocycles. The van der Waals surface area contributed by atoms with E-state index in [2.05, 4.69) is 23.7 Å². The van der Waals surface area contributed by atoms with Gasteiger partial charge in [-0.2, -0.15) is 0 Å². The number of anilines is 2. The third-order valence-electron chi connectivity index (χ3n) is 6.70. The van der Waals surface area contributed by atoms with Gasteiger partial charge in [0, 0.05) is 0 Å². The second-order valence-electron chi connectivity index (χ2n) is 8.94. The third-order valence-corrected chi connectivity index (χ3v) is 10.1. The van der Waals surface area contributed by atoms with Gasteiger partial charge in [0.15, 0.2) is 0 Å². The zero-order chi connectivity index (χ0) is 23.9. The number of carbonyl (C=O) groups is 1. The van der Waals surface area contributed by atoms with Gasteiger partial charge in [0.05, 0.1) is 0 Å². The van der Waals surface area contributed by atoms with Gasteiger partial charge < -0.3 is 0 Å². The molecule has 2 aromatic heterocycles. The number of nitrogens with zero attached hydrogens (tertiary/aromatic N) is 2. The Morgan fingerprint density at radius 3 is 3.14 bits per heavy atom. The number of nitrogens with one attached hydrogen (secondary N) is 3. The summed E-state index contributed by atoms with van der Waals surface area (Å²) < 4.78 is 28.9. The Labute approximate surface area is 213 Å². The Morgan fingerprint density at radius 1 is 1.34 bits per heavy atom. The average molecular weight is 590 g/mol. The van der Waals surface area contributed by atoms with Crippen molar-refractivity contribution in [3.8, 4) is 22.8 Å². The number of H-pyrrole nitrogens is 1. The van der Waals surface area contributed by atoms with Gasteiger partial charge in [-0.1, -0.05) is 0 Å². The number of aromatic amines is 1. The average Bonchev–Trinajstić information content (AvgIpc) is 3.25. The first kappa shape index (κ1) is 22.6. The number of amides is 1. The van der Waals surface area contributed by atoms with Gasteiger partial charge in [0.25, 0.3) is 0 Å². The van der Waals surface area contributed by atoms with E-state index in [1.54, 1.807) is 24.5 Å². The molecule has 2 unspecified atom stereocenters. The van der Waals surface area contributed by atoms with Crippen molar-refractivity contribution in [1.82, 2.24) is 18.4 Å². The molecule has 10 heteroatoms. The molecule has 184 valence electrons. The Hall–Kier alpha value is -2.86. The number of fused-ring (bicyclic) bond motifs is 5. The topological polar surface area (TPSA) is 91.5 Å². The van der Waals surface area contributed by atoms with Crippen molar-refractivity contribution < 1.29 is 40.1 Å². The number of piperidine rings is 1. The Bertz CT molecular complexity index is 1280. The van der Waals surface area contributed by atoms with Crippen molar-refractivity contribution in [3.05, 3.63) is 53.7 Å². The van der Waals surface area contributed by atoms with Gasteiger partial charge in [0.1, 0.15) is 0 Å². The molecule has 3 aromatic rings. The quantitative estimate of drug-likeness (QED) is 0.238. The van der Waals surface area contributed by atoms with Crippen LogP contribution >= 0.6 is 0 Å². The Kier molecular flexibility index (Phi) is 6.01. The minimum absolute atomic E-state index is 0.0950. The number of alkyl halides is 1. The number of halogens is 2.